The van der Waals surface area contributed by atoms with Gasteiger partial charge in [0.1, 0.15) is 0 Å². The van der Waals surface area contributed by atoms with E-state index in [1.54, 1.807) is 32.1 Å². The van der Waals surface area contributed by atoms with Crippen LogP contribution < -0.4 is 0 Å². The molecule has 0 N–H and O–H groups in total. The third-order valence-corrected chi connectivity index (χ3v) is 67.5. The standard InChI is InChI=1S/C23H41.C5H5.Fe/c1-4-5-6-7-8-9-10-11-12-13-14-15-16-17-18-23-20-19-21(2)22(23)3;1-2-4-5-3-1;/h19-20H,4-18H2,1-3H3;1-5H;. The average molecular weight is 439 g/mol. The maximum absolute atomic E-state index is 3.01. The molecule has 10 heterocycles. The molecule has 10 fully saturated rings. The van der Waals surface area contributed by atoms with Gasteiger partial charge in [-0.05, 0) is 0 Å². The van der Waals surface area contributed by atoms with Crippen LogP contribution >= 0.6 is 0 Å². The Kier molecular flexibility index (Phi) is 1.22. The zero-order valence-electron chi connectivity index (χ0n) is 19.5. The molecule has 10 aliphatic rings. The molecule has 0 saturated carbocycles. The molecule has 0 nitrogen and oxygen atoms in total. The molecule has 0 radical (unpaired) electrons. The van der Waals surface area contributed by atoms with Crippen molar-refractivity contribution in [1.82, 2.24) is 0 Å². The van der Waals surface area contributed by atoms with Crippen LogP contribution in [-0.2, 0) is 6.51 Å². The van der Waals surface area contributed by atoms with Crippen LogP contribution in [0.2, 0.25) is 46.7 Å². The van der Waals surface area contributed by atoms with E-state index in [2.05, 4.69) is 20.8 Å². The van der Waals surface area contributed by atoms with Crippen LogP contribution in [0, 0.1) is 0 Å². The van der Waals surface area contributed by atoms with Gasteiger partial charge < -0.3 is 0 Å². The van der Waals surface area contributed by atoms with E-state index in [1.807, 2.05) is 0 Å². The summed E-state index contributed by atoms with van der Waals surface area (Å²) in [7, 11) is 0. The topological polar surface area (TPSA) is 0 Å². The second kappa shape index (κ2) is 2.18. The normalized spacial score (nSPS) is 80.0. The number of fused-ring (bicyclic) bond motifs is 10. The molecule has 0 aromatic rings. The number of rotatable bonds is 15. The Bertz CT molecular complexity index is 1180. The van der Waals surface area contributed by atoms with Gasteiger partial charge >= 0.3 is 138 Å². The summed E-state index contributed by atoms with van der Waals surface area (Å²) in [5.74, 6) is 0. The maximum atomic E-state index is 2.95. The summed E-state index contributed by atoms with van der Waals surface area (Å²) < 4.78 is 3.28. The Morgan fingerprint density at radius 1 is 0.552 bits per heavy atom. The summed E-state index contributed by atoms with van der Waals surface area (Å²) in [5, 5.41) is 0. The predicted molar refractivity (Wildman–Crippen MR) is 121 cm³/mol. The van der Waals surface area contributed by atoms with Crippen molar-refractivity contribution in [2.45, 2.75) is 164 Å². The summed E-state index contributed by atoms with van der Waals surface area (Å²) in [4.78, 5) is 10.4. The second-order valence-electron chi connectivity index (χ2n) is 16.0. The molecule has 0 bridgehead atoms. The van der Waals surface area contributed by atoms with Gasteiger partial charge in [-0.1, -0.05) is 32.6 Å². The molecule has 10 saturated heterocycles. The Morgan fingerprint density at radius 2 is 0.966 bits per heavy atom. The quantitative estimate of drug-likeness (QED) is 0.176. The Balaban J connectivity index is 0.702. The van der Waals surface area contributed by atoms with Crippen LogP contribution in [0.15, 0.2) is 0 Å². The summed E-state index contributed by atoms with van der Waals surface area (Å²) in [6.45, 7) is 5.17. The monoisotopic (exact) mass is 438 g/mol. The van der Waals surface area contributed by atoms with Gasteiger partial charge in [-0.15, -0.1) is 0 Å². The van der Waals surface area contributed by atoms with Crippen molar-refractivity contribution < 1.29 is 6.51 Å². The van der Waals surface area contributed by atoms with Gasteiger partial charge in [-0.2, -0.15) is 0 Å². The molecule has 5 unspecified atom stereocenters. The molecule has 29 heavy (non-hydrogen) atoms. The Morgan fingerprint density at radius 3 is 1.24 bits per heavy atom. The van der Waals surface area contributed by atoms with E-state index >= 15 is 0 Å². The summed E-state index contributed by atoms with van der Waals surface area (Å²) >= 11 is 0. The van der Waals surface area contributed by atoms with Crippen molar-refractivity contribution in [3.05, 3.63) is 0 Å². The van der Waals surface area contributed by atoms with Crippen molar-refractivity contribution in [3.8, 4) is 0 Å². The third kappa shape index (κ3) is 0.300. The number of hydrogen-bond acceptors (Lipinski definition) is 0. The van der Waals surface area contributed by atoms with E-state index in [9.17, 15) is 0 Å². The first kappa shape index (κ1) is 16.2. The molecule has 0 amide bonds. The summed E-state index contributed by atoms with van der Waals surface area (Å²) in [6.07, 6.45) is 23.0. The fourth-order valence-electron chi connectivity index (χ4n) is 22.9. The molecular weight excluding hydrogens is 392 g/mol. The molecule has 10 rings (SSSR count). The predicted octanol–water partition coefficient (Wildman–Crippen LogP) is 10.4. The van der Waals surface area contributed by atoms with Gasteiger partial charge in [0.15, 0.2) is 0 Å². The van der Waals surface area contributed by atoms with Crippen LogP contribution in [0.3, 0.4) is 0 Å². The average Bonchev–Trinajstić information content (AvgIpc) is 3.68. The van der Waals surface area contributed by atoms with E-state index in [-0.39, 0.29) is 0 Å². The van der Waals surface area contributed by atoms with Crippen molar-refractivity contribution in [2.24, 2.45) is 0 Å². The minimum absolute atomic E-state index is 1.07. The van der Waals surface area contributed by atoms with E-state index in [4.69, 9.17) is 0 Å². The van der Waals surface area contributed by atoms with Crippen molar-refractivity contribution in [3.63, 3.8) is 0 Å². The van der Waals surface area contributed by atoms with Gasteiger partial charge in [0.2, 0.25) is 0 Å². The molecule has 0 aromatic carbocycles. The summed E-state index contributed by atoms with van der Waals surface area (Å²) in [5.41, 5.74) is 0. The molecule has 1 spiro atoms. The van der Waals surface area contributed by atoms with E-state index in [1.165, 1.54) is 97.9 Å². The molecule has 5 atom stereocenters. The first-order valence-electron chi connectivity index (χ1n) is 14.1. The van der Waals surface area contributed by atoms with Gasteiger partial charge in [0.25, 0.3) is 0 Å². The molecule has 0 aromatic heterocycles. The van der Waals surface area contributed by atoms with Gasteiger partial charge in [-0.25, -0.2) is 0 Å². The first-order valence-corrected chi connectivity index (χ1v) is 20.2. The fourth-order valence-corrected chi connectivity index (χ4v) is 104. The Labute approximate surface area is 170 Å². The fraction of sp³-hybridized carbons (Fsp3) is 1.00. The SMILES string of the molecule is CCCCCCCCCCCCCCCC[C]12[CH]3[CH]4[C]5(C)[C]1(C)[Fe]43521678[CH]2[CH]1[CH]6[CH]7[CH]28. The summed E-state index contributed by atoms with van der Waals surface area (Å²) in [6, 6.07) is 0. The molecule has 166 valence electrons. The zero-order chi connectivity index (χ0) is 19.5. The molecule has 0 aliphatic carbocycles. The molecular formula is C28H46Fe. The van der Waals surface area contributed by atoms with E-state index < -0.39 is 6.51 Å². The van der Waals surface area contributed by atoms with Crippen molar-refractivity contribution in [1.29, 1.82) is 0 Å². The minimum atomic E-state index is -3.01. The zero-order valence-corrected chi connectivity index (χ0v) is 20.6. The van der Waals surface area contributed by atoms with E-state index in [0.29, 0.717) is 0 Å². The van der Waals surface area contributed by atoms with Crippen LogP contribution in [0.1, 0.15) is 117 Å². The third-order valence-electron chi connectivity index (χ3n) is 20.9. The van der Waals surface area contributed by atoms with Crippen LogP contribution in [0.5, 0.6) is 0 Å². The van der Waals surface area contributed by atoms with Crippen LogP contribution in [0.4, 0.5) is 0 Å². The van der Waals surface area contributed by atoms with Gasteiger partial charge in [-0.3, -0.25) is 0 Å². The number of unbranched alkanes of at least 4 members (excludes halogenated alkanes) is 13. The second-order valence-corrected chi connectivity index (χ2v) is 39.6. The van der Waals surface area contributed by atoms with Gasteiger partial charge in [0.05, 0.1) is 0 Å². The van der Waals surface area contributed by atoms with Crippen molar-refractivity contribution >= 4 is 0 Å². The van der Waals surface area contributed by atoms with Gasteiger partial charge in [0, 0.05) is 0 Å². The van der Waals surface area contributed by atoms with Crippen molar-refractivity contribution in [2.75, 3.05) is 0 Å². The molecule has 10 aliphatic heterocycles. The van der Waals surface area contributed by atoms with Crippen LogP contribution in [0.25, 0.3) is 0 Å². The number of hydrogen-bond donors (Lipinski definition) is 0. The first-order chi connectivity index (χ1) is 13.9. The Hall–Kier alpha value is 0.519. The van der Waals surface area contributed by atoms with Crippen LogP contribution in [-0.4, -0.2) is 0 Å². The molecule has 1 heteroatoms. The van der Waals surface area contributed by atoms with E-state index in [0.717, 1.165) is 12.9 Å².